The van der Waals surface area contributed by atoms with Crippen LogP contribution >= 0.6 is 15.9 Å². The number of hydrogen-bond acceptors (Lipinski definition) is 3. The van der Waals surface area contributed by atoms with E-state index in [2.05, 4.69) is 22.0 Å². The maximum absolute atomic E-state index is 8.86. The SMILES string of the molecule is N#Cc1cccc(Br)c1OC1COC1. The molecule has 1 aromatic carbocycles. The molecule has 2 rings (SSSR count). The second-order valence-electron chi connectivity index (χ2n) is 3.01. The van der Waals surface area contributed by atoms with E-state index in [1.165, 1.54) is 0 Å². The fraction of sp³-hybridized carbons (Fsp3) is 0.300. The average Bonchev–Trinajstić information content (AvgIpc) is 2.12. The highest BCUT2D eigenvalue weighted by atomic mass is 79.9. The van der Waals surface area contributed by atoms with Crippen LogP contribution in [0.5, 0.6) is 5.75 Å². The molecule has 1 heterocycles. The lowest BCUT2D eigenvalue weighted by Crippen LogP contribution is -2.38. The van der Waals surface area contributed by atoms with Crippen molar-refractivity contribution >= 4 is 15.9 Å². The Hall–Kier alpha value is -1.05. The Morgan fingerprint density at radius 3 is 2.86 bits per heavy atom. The first-order valence-electron chi connectivity index (χ1n) is 4.24. The van der Waals surface area contributed by atoms with E-state index >= 15 is 0 Å². The Kier molecular flexibility index (Phi) is 2.71. The zero-order valence-corrected chi connectivity index (χ0v) is 8.95. The zero-order chi connectivity index (χ0) is 9.97. The van der Waals surface area contributed by atoms with Crippen LogP contribution in [0.3, 0.4) is 0 Å². The first-order valence-corrected chi connectivity index (χ1v) is 5.03. The van der Waals surface area contributed by atoms with E-state index in [9.17, 15) is 0 Å². The van der Waals surface area contributed by atoms with Crippen molar-refractivity contribution in [1.82, 2.24) is 0 Å². The largest absolute Gasteiger partial charge is 0.483 e. The van der Waals surface area contributed by atoms with E-state index in [4.69, 9.17) is 14.7 Å². The third kappa shape index (κ3) is 1.74. The van der Waals surface area contributed by atoms with Gasteiger partial charge in [0.05, 0.1) is 23.2 Å². The topological polar surface area (TPSA) is 42.2 Å². The molecule has 0 saturated carbocycles. The molecule has 72 valence electrons. The quantitative estimate of drug-likeness (QED) is 0.811. The van der Waals surface area contributed by atoms with Crippen LogP contribution in [0.2, 0.25) is 0 Å². The van der Waals surface area contributed by atoms with E-state index in [1.54, 1.807) is 6.07 Å². The lowest BCUT2D eigenvalue weighted by atomic mass is 10.2. The molecule has 1 fully saturated rings. The van der Waals surface area contributed by atoms with Crippen LogP contribution in [0.1, 0.15) is 5.56 Å². The molecule has 0 radical (unpaired) electrons. The van der Waals surface area contributed by atoms with Crippen LogP contribution in [-0.4, -0.2) is 19.3 Å². The Morgan fingerprint density at radius 2 is 2.29 bits per heavy atom. The summed E-state index contributed by atoms with van der Waals surface area (Å²) in [7, 11) is 0. The van der Waals surface area contributed by atoms with Crippen molar-refractivity contribution in [2.45, 2.75) is 6.10 Å². The van der Waals surface area contributed by atoms with Crippen LogP contribution in [0.25, 0.3) is 0 Å². The van der Waals surface area contributed by atoms with Crippen molar-refractivity contribution in [3.05, 3.63) is 28.2 Å². The lowest BCUT2D eigenvalue weighted by molar-refractivity contribution is -0.0800. The van der Waals surface area contributed by atoms with Crippen LogP contribution < -0.4 is 4.74 Å². The van der Waals surface area contributed by atoms with E-state index in [1.807, 2.05) is 12.1 Å². The number of benzene rings is 1. The van der Waals surface area contributed by atoms with Gasteiger partial charge in [-0.3, -0.25) is 0 Å². The maximum Gasteiger partial charge on any atom is 0.151 e. The minimum Gasteiger partial charge on any atom is -0.483 e. The van der Waals surface area contributed by atoms with Crippen LogP contribution in [0.4, 0.5) is 0 Å². The number of hydrogen-bond donors (Lipinski definition) is 0. The van der Waals surface area contributed by atoms with Gasteiger partial charge in [-0.05, 0) is 28.1 Å². The molecule has 1 aliphatic heterocycles. The normalized spacial score (nSPS) is 15.7. The lowest BCUT2D eigenvalue weighted by Gasteiger charge is -2.27. The fourth-order valence-electron chi connectivity index (χ4n) is 1.17. The summed E-state index contributed by atoms with van der Waals surface area (Å²) in [6.45, 7) is 1.21. The summed E-state index contributed by atoms with van der Waals surface area (Å²) in [5.74, 6) is 0.614. The minimum absolute atomic E-state index is 0.0841. The van der Waals surface area contributed by atoms with Gasteiger partial charge in [-0.1, -0.05) is 6.07 Å². The van der Waals surface area contributed by atoms with Crippen LogP contribution in [0.15, 0.2) is 22.7 Å². The monoisotopic (exact) mass is 253 g/mol. The van der Waals surface area contributed by atoms with Gasteiger partial charge in [0.25, 0.3) is 0 Å². The zero-order valence-electron chi connectivity index (χ0n) is 7.37. The van der Waals surface area contributed by atoms with Gasteiger partial charge >= 0.3 is 0 Å². The second kappa shape index (κ2) is 3.99. The predicted octanol–water partition coefficient (Wildman–Crippen LogP) is 2.10. The standard InChI is InChI=1S/C10H8BrNO2/c11-9-3-1-2-7(4-12)10(9)14-8-5-13-6-8/h1-3,8H,5-6H2. The summed E-state index contributed by atoms with van der Waals surface area (Å²) in [6.07, 6.45) is 0.0841. The minimum atomic E-state index is 0.0841. The number of nitriles is 1. The molecular weight excluding hydrogens is 246 g/mol. The smallest absolute Gasteiger partial charge is 0.151 e. The number of halogens is 1. The van der Waals surface area contributed by atoms with E-state index in [0.717, 1.165) is 4.47 Å². The Labute approximate surface area is 90.4 Å². The molecule has 0 aliphatic carbocycles. The van der Waals surface area contributed by atoms with Gasteiger partial charge in [0.1, 0.15) is 12.2 Å². The molecule has 4 heteroatoms. The highest BCUT2D eigenvalue weighted by Gasteiger charge is 2.22. The van der Waals surface area contributed by atoms with Crippen molar-refractivity contribution in [1.29, 1.82) is 5.26 Å². The molecule has 1 aromatic rings. The van der Waals surface area contributed by atoms with Gasteiger partial charge in [-0.2, -0.15) is 5.26 Å². The molecule has 0 N–H and O–H groups in total. The Balaban J connectivity index is 2.25. The molecule has 0 atom stereocenters. The highest BCUT2D eigenvalue weighted by Crippen LogP contribution is 2.30. The molecular formula is C10H8BrNO2. The van der Waals surface area contributed by atoms with Gasteiger partial charge in [0.2, 0.25) is 0 Å². The molecule has 0 aromatic heterocycles. The number of ether oxygens (including phenoxy) is 2. The summed E-state index contributed by atoms with van der Waals surface area (Å²) in [5, 5.41) is 8.86. The molecule has 0 bridgehead atoms. The molecule has 1 saturated heterocycles. The van der Waals surface area contributed by atoms with Crippen LogP contribution in [-0.2, 0) is 4.74 Å². The van der Waals surface area contributed by atoms with Gasteiger partial charge < -0.3 is 9.47 Å². The summed E-state index contributed by atoms with van der Waals surface area (Å²) < 4.78 is 11.4. The van der Waals surface area contributed by atoms with Gasteiger partial charge in [0, 0.05) is 0 Å². The summed E-state index contributed by atoms with van der Waals surface area (Å²) >= 11 is 3.35. The van der Waals surface area contributed by atoms with Crippen molar-refractivity contribution in [3.8, 4) is 11.8 Å². The molecule has 14 heavy (non-hydrogen) atoms. The Bertz CT molecular complexity index is 382. The molecule has 3 nitrogen and oxygen atoms in total. The first-order chi connectivity index (χ1) is 6.81. The van der Waals surface area contributed by atoms with E-state index in [-0.39, 0.29) is 6.10 Å². The summed E-state index contributed by atoms with van der Waals surface area (Å²) in [4.78, 5) is 0. The summed E-state index contributed by atoms with van der Waals surface area (Å²) in [6, 6.07) is 7.50. The highest BCUT2D eigenvalue weighted by molar-refractivity contribution is 9.10. The Morgan fingerprint density at radius 1 is 1.50 bits per heavy atom. The number of para-hydroxylation sites is 1. The molecule has 1 aliphatic rings. The number of nitrogens with zero attached hydrogens (tertiary/aromatic N) is 1. The first kappa shape index (κ1) is 9.50. The van der Waals surface area contributed by atoms with Gasteiger partial charge in [-0.15, -0.1) is 0 Å². The van der Waals surface area contributed by atoms with Crippen LogP contribution in [0, 0.1) is 11.3 Å². The fourth-order valence-corrected chi connectivity index (χ4v) is 1.63. The molecule has 0 amide bonds. The van der Waals surface area contributed by atoms with Crippen molar-refractivity contribution in [3.63, 3.8) is 0 Å². The van der Waals surface area contributed by atoms with Gasteiger partial charge in [-0.25, -0.2) is 0 Å². The average molecular weight is 254 g/mol. The van der Waals surface area contributed by atoms with Crippen molar-refractivity contribution in [2.75, 3.05) is 13.2 Å². The van der Waals surface area contributed by atoms with Crippen molar-refractivity contribution < 1.29 is 9.47 Å². The maximum atomic E-state index is 8.86. The summed E-state index contributed by atoms with van der Waals surface area (Å²) in [5.41, 5.74) is 0.547. The molecule has 0 unspecified atom stereocenters. The third-order valence-corrected chi connectivity index (χ3v) is 2.60. The third-order valence-electron chi connectivity index (χ3n) is 1.98. The predicted molar refractivity (Wildman–Crippen MR) is 54.1 cm³/mol. The van der Waals surface area contributed by atoms with Crippen molar-refractivity contribution in [2.24, 2.45) is 0 Å². The number of rotatable bonds is 2. The van der Waals surface area contributed by atoms with Gasteiger partial charge in [0.15, 0.2) is 5.75 Å². The van der Waals surface area contributed by atoms with E-state index < -0.39 is 0 Å². The second-order valence-corrected chi connectivity index (χ2v) is 3.86. The molecule has 0 spiro atoms. The van der Waals surface area contributed by atoms with E-state index in [0.29, 0.717) is 24.5 Å².